The van der Waals surface area contributed by atoms with E-state index in [1.54, 1.807) is 19.1 Å². The number of carbonyl (C=O) groups excluding carboxylic acids is 2. The van der Waals surface area contributed by atoms with Crippen molar-refractivity contribution < 1.29 is 19.1 Å². The second-order valence-electron chi connectivity index (χ2n) is 3.63. The van der Waals surface area contributed by atoms with E-state index in [2.05, 4.69) is 0 Å². The predicted molar refractivity (Wildman–Crippen MR) is 61.2 cm³/mol. The number of carbonyl (C=O) groups is 2. The predicted octanol–water partition coefficient (Wildman–Crippen LogP) is 2.20. The Bertz CT molecular complexity index is 556. The van der Waals surface area contributed by atoms with Crippen LogP contribution in [0.3, 0.4) is 0 Å². The molecular formula is C13H10O4. The topological polar surface area (TPSA) is 67.5 Å². The first-order chi connectivity index (χ1) is 8.09. The van der Waals surface area contributed by atoms with Gasteiger partial charge in [-0.15, -0.1) is 0 Å². The van der Waals surface area contributed by atoms with Gasteiger partial charge >= 0.3 is 0 Å². The van der Waals surface area contributed by atoms with E-state index >= 15 is 0 Å². The monoisotopic (exact) mass is 230 g/mol. The molecule has 4 nitrogen and oxygen atoms in total. The van der Waals surface area contributed by atoms with Crippen molar-refractivity contribution in [2.24, 2.45) is 0 Å². The van der Waals surface area contributed by atoms with Gasteiger partial charge in [-0.1, -0.05) is 0 Å². The van der Waals surface area contributed by atoms with E-state index in [-0.39, 0.29) is 11.3 Å². The van der Waals surface area contributed by atoms with Crippen LogP contribution >= 0.6 is 0 Å². The largest absolute Gasteiger partial charge is 0.507 e. The summed E-state index contributed by atoms with van der Waals surface area (Å²) in [7, 11) is 0. The maximum Gasteiger partial charge on any atom is 0.193 e. The zero-order valence-corrected chi connectivity index (χ0v) is 9.14. The molecule has 86 valence electrons. The van der Waals surface area contributed by atoms with E-state index in [1.165, 1.54) is 24.5 Å². The molecule has 0 aromatic carbocycles. The van der Waals surface area contributed by atoms with Gasteiger partial charge in [0, 0.05) is 0 Å². The number of allylic oxidation sites excluding steroid dienone is 4. The number of hydrogen-bond acceptors (Lipinski definition) is 4. The minimum atomic E-state index is -0.531. The molecule has 1 aliphatic rings. The highest BCUT2D eigenvalue weighted by Gasteiger charge is 2.26. The van der Waals surface area contributed by atoms with Crippen molar-refractivity contribution in [2.45, 2.75) is 6.92 Å². The fraction of sp³-hybridized carbons (Fsp3) is 0.0769. The van der Waals surface area contributed by atoms with Crippen molar-refractivity contribution in [3.8, 4) is 0 Å². The molecule has 0 aliphatic heterocycles. The fourth-order valence-corrected chi connectivity index (χ4v) is 1.52. The molecule has 0 bridgehead atoms. The first kappa shape index (κ1) is 11.1. The fourth-order valence-electron chi connectivity index (χ4n) is 1.52. The van der Waals surface area contributed by atoms with Crippen molar-refractivity contribution >= 4 is 17.6 Å². The average molecular weight is 230 g/mol. The molecule has 1 aromatic rings. The number of hydrogen-bond donors (Lipinski definition) is 1. The molecule has 0 saturated heterocycles. The zero-order chi connectivity index (χ0) is 12.4. The van der Waals surface area contributed by atoms with Crippen molar-refractivity contribution in [3.63, 3.8) is 0 Å². The summed E-state index contributed by atoms with van der Waals surface area (Å²) in [6.07, 6.45) is 5.37. The molecule has 0 fully saturated rings. The number of ketones is 2. The van der Waals surface area contributed by atoms with Crippen LogP contribution in [0, 0.1) is 0 Å². The van der Waals surface area contributed by atoms with E-state index in [9.17, 15) is 14.7 Å². The van der Waals surface area contributed by atoms with E-state index in [0.29, 0.717) is 11.3 Å². The smallest absolute Gasteiger partial charge is 0.193 e. The summed E-state index contributed by atoms with van der Waals surface area (Å²) in [6, 6.07) is 3.37. The summed E-state index contributed by atoms with van der Waals surface area (Å²) in [5.74, 6) is -0.733. The number of furan rings is 1. The Labute approximate surface area is 97.6 Å². The maximum absolute atomic E-state index is 11.7. The van der Waals surface area contributed by atoms with Crippen LogP contribution in [0.15, 0.2) is 51.9 Å². The van der Waals surface area contributed by atoms with E-state index in [4.69, 9.17) is 4.42 Å². The van der Waals surface area contributed by atoms with Crippen LogP contribution in [0.4, 0.5) is 0 Å². The number of aliphatic hydroxyl groups is 1. The van der Waals surface area contributed by atoms with Crippen molar-refractivity contribution in [1.29, 1.82) is 0 Å². The summed E-state index contributed by atoms with van der Waals surface area (Å²) < 4.78 is 5.01. The summed E-state index contributed by atoms with van der Waals surface area (Å²) in [6.45, 7) is 1.57. The molecule has 2 rings (SSSR count). The summed E-state index contributed by atoms with van der Waals surface area (Å²) in [4.78, 5) is 23.1. The third-order valence-corrected chi connectivity index (χ3v) is 2.39. The zero-order valence-electron chi connectivity index (χ0n) is 9.14. The summed E-state index contributed by atoms with van der Waals surface area (Å²) >= 11 is 0. The Kier molecular flexibility index (Phi) is 2.78. The molecule has 0 radical (unpaired) electrons. The van der Waals surface area contributed by atoms with Gasteiger partial charge < -0.3 is 9.52 Å². The van der Waals surface area contributed by atoms with Gasteiger partial charge in [-0.05, 0) is 42.9 Å². The highest BCUT2D eigenvalue weighted by atomic mass is 16.3. The van der Waals surface area contributed by atoms with Gasteiger partial charge in [-0.3, -0.25) is 9.59 Å². The Hall–Kier alpha value is -2.36. The second-order valence-corrected chi connectivity index (χ2v) is 3.63. The van der Waals surface area contributed by atoms with E-state index < -0.39 is 11.6 Å². The Morgan fingerprint density at radius 1 is 1.47 bits per heavy atom. The molecule has 0 atom stereocenters. The number of aliphatic hydroxyl groups excluding tert-OH is 1. The molecule has 0 saturated carbocycles. The molecule has 0 unspecified atom stereocenters. The SMILES string of the molecule is CC1=CC(=O)C(C(=O)/C=C/c2ccco2)=C1O. The van der Waals surface area contributed by atoms with Crippen molar-refractivity contribution in [2.75, 3.05) is 0 Å². The first-order valence-electron chi connectivity index (χ1n) is 5.02. The van der Waals surface area contributed by atoms with Gasteiger partial charge in [0.05, 0.1) is 6.26 Å². The minimum absolute atomic E-state index is 0.190. The second kappa shape index (κ2) is 4.25. The molecule has 17 heavy (non-hydrogen) atoms. The van der Waals surface area contributed by atoms with Gasteiger partial charge in [-0.25, -0.2) is 0 Å². The van der Waals surface area contributed by atoms with Gasteiger partial charge in [0.1, 0.15) is 17.1 Å². The molecule has 1 heterocycles. The lowest BCUT2D eigenvalue weighted by molar-refractivity contribution is -0.116. The molecule has 1 N–H and O–H groups in total. The van der Waals surface area contributed by atoms with E-state index in [1.807, 2.05) is 0 Å². The maximum atomic E-state index is 11.7. The van der Waals surface area contributed by atoms with Crippen LogP contribution in [-0.4, -0.2) is 16.7 Å². The van der Waals surface area contributed by atoms with Crippen LogP contribution in [0.2, 0.25) is 0 Å². The van der Waals surface area contributed by atoms with Crippen LogP contribution < -0.4 is 0 Å². The lowest BCUT2D eigenvalue weighted by Gasteiger charge is -1.96. The Morgan fingerprint density at radius 2 is 2.24 bits per heavy atom. The van der Waals surface area contributed by atoms with E-state index in [0.717, 1.165) is 0 Å². The third kappa shape index (κ3) is 2.10. The van der Waals surface area contributed by atoms with Crippen molar-refractivity contribution in [3.05, 3.63) is 53.2 Å². The van der Waals surface area contributed by atoms with Gasteiger partial charge in [-0.2, -0.15) is 0 Å². The Morgan fingerprint density at radius 3 is 2.76 bits per heavy atom. The van der Waals surface area contributed by atoms with Crippen LogP contribution in [0.25, 0.3) is 6.08 Å². The summed E-state index contributed by atoms with van der Waals surface area (Å²) in [5.41, 5.74) is 0.218. The number of rotatable bonds is 3. The van der Waals surface area contributed by atoms with Gasteiger partial charge in [0.15, 0.2) is 11.6 Å². The minimum Gasteiger partial charge on any atom is -0.507 e. The molecule has 0 amide bonds. The molecule has 4 heteroatoms. The molecule has 0 spiro atoms. The highest BCUT2D eigenvalue weighted by Crippen LogP contribution is 2.22. The lowest BCUT2D eigenvalue weighted by Crippen LogP contribution is -2.07. The van der Waals surface area contributed by atoms with Crippen molar-refractivity contribution in [1.82, 2.24) is 0 Å². The lowest BCUT2D eigenvalue weighted by atomic mass is 10.1. The van der Waals surface area contributed by atoms with Gasteiger partial charge in [0.2, 0.25) is 0 Å². The van der Waals surface area contributed by atoms with Crippen LogP contribution in [0.1, 0.15) is 12.7 Å². The average Bonchev–Trinajstić information content (AvgIpc) is 2.86. The third-order valence-electron chi connectivity index (χ3n) is 2.39. The van der Waals surface area contributed by atoms with Crippen LogP contribution in [-0.2, 0) is 9.59 Å². The van der Waals surface area contributed by atoms with Crippen LogP contribution in [0.5, 0.6) is 0 Å². The highest BCUT2D eigenvalue weighted by molar-refractivity contribution is 6.30. The molecule has 1 aromatic heterocycles. The quantitative estimate of drug-likeness (QED) is 0.638. The standard InChI is InChI=1S/C13H10O4/c1-8-7-11(15)12(13(8)16)10(14)5-4-9-3-2-6-17-9/h2-7,16H,1H3/b5-4+. The molecular weight excluding hydrogens is 220 g/mol. The normalized spacial score (nSPS) is 15.8. The summed E-state index contributed by atoms with van der Waals surface area (Å²) in [5, 5.41) is 9.57. The first-order valence-corrected chi connectivity index (χ1v) is 5.02. The van der Waals surface area contributed by atoms with Gasteiger partial charge in [0.25, 0.3) is 0 Å². The molecule has 1 aliphatic carbocycles. The Balaban J connectivity index is 2.21.